The van der Waals surface area contributed by atoms with Crippen LogP contribution in [-0.4, -0.2) is 31.6 Å². The number of aliphatic hydroxyl groups is 1. The maximum Gasteiger partial charge on any atom is 0.184 e. The molecule has 29 heavy (non-hydrogen) atoms. The van der Waals surface area contributed by atoms with Crippen LogP contribution in [0, 0.1) is 0 Å². The third-order valence-corrected chi connectivity index (χ3v) is 6.68. The third-order valence-electron chi connectivity index (χ3n) is 5.73. The standard InChI is InChI=1S/C23H24N4OS/c1-2-15-9-10-27-17(14-24-22(27)13-15)11-16-7-8-19-21(12-16)29-23(26-19)25-18-5-3-4-6-20(18)28/h2,7-10,12-14,18,20,28H,1,3-6,11H2,(H,25,26)/t18?,20-/m1/s1. The number of aromatic nitrogens is 3. The van der Waals surface area contributed by atoms with E-state index in [9.17, 15) is 5.11 Å². The average molecular weight is 405 g/mol. The van der Waals surface area contributed by atoms with Crippen LogP contribution in [0.25, 0.3) is 21.9 Å². The molecular weight excluding hydrogens is 380 g/mol. The van der Waals surface area contributed by atoms with E-state index >= 15 is 0 Å². The Morgan fingerprint density at radius 3 is 3.00 bits per heavy atom. The van der Waals surface area contributed by atoms with Gasteiger partial charge in [0.05, 0.1) is 22.4 Å². The summed E-state index contributed by atoms with van der Waals surface area (Å²) in [5.74, 6) is 0. The molecule has 4 aromatic rings. The van der Waals surface area contributed by atoms with Crippen LogP contribution in [0.4, 0.5) is 5.13 Å². The number of hydrogen-bond acceptors (Lipinski definition) is 5. The second-order valence-corrected chi connectivity index (χ2v) is 8.77. The molecule has 0 amide bonds. The Hall–Kier alpha value is -2.70. The highest BCUT2D eigenvalue weighted by Crippen LogP contribution is 2.30. The van der Waals surface area contributed by atoms with Crippen molar-refractivity contribution in [1.82, 2.24) is 14.4 Å². The molecule has 1 aliphatic carbocycles. The van der Waals surface area contributed by atoms with Crippen LogP contribution in [0.15, 0.2) is 49.3 Å². The number of thiazole rings is 1. The first-order valence-corrected chi connectivity index (χ1v) is 10.9. The predicted octanol–water partition coefficient (Wildman–Crippen LogP) is 4.89. The zero-order valence-corrected chi connectivity index (χ0v) is 17.0. The van der Waals surface area contributed by atoms with Crippen LogP contribution in [0.2, 0.25) is 0 Å². The van der Waals surface area contributed by atoms with E-state index in [-0.39, 0.29) is 12.1 Å². The second-order valence-electron chi connectivity index (χ2n) is 7.74. The van der Waals surface area contributed by atoms with Gasteiger partial charge >= 0.3 is 0 Å². The Morgan fingerprint density at radius 2 is 2.14 bits per heavy atom. The van der Waals surface area contributed by atoms with Crippen molar-refractivity contribution in [2.75, 3.05) is 5.32 Å². The van der Waals surface area contributed by atoms with Gasteiger partial charge in [0.15, 0.2) is 5.13 Å². The number of aliphatic hydroxyl groups excluding tert-OH is 1. The summed E-state index contributed by atoms with van der Waals surface area (Å²) >= 11 is 1.66. The van der Waals surface area contributed by atoms with Crippen LogP contribution >= 0.6 is 11.3 Å². The van der Waals surface area contributed by atoms with E-state index in [1.165, 1.54) is 5.56 Å². The molecule has 0 spiro atoms. The number of rotatable bonds is 5. The lowest BCUT2D eigenvalue weighted by molar-refractivity contribution is 0.116. The first-order valence-electron chi connectivity index (χ1n) is 10.1. The molecule has 3 aromatic heterocycles. The van der Waals surface area contributed by atoms with Gasteiger partial charge in [-0.05, 0) is 48.2 Å². The Kier molecular flexibility index (Phi) is 4.81. The van der Waals surface area contributed by atoms with Crippen molar-refractivity contribution in [3.63, 3.8) is 0 Å². The summed E-state index contributed by atoms with van der Waals surface area (Å²) in [6.45, 7) is 3.82. The van der Waals surface area contributed by atoms with Gasteiger partial charge in [-0.25, -0.2) is 9.97 Å². The maximum atomic E-state index is 10.2. The number of hydrogen-bond donors (Lipinski definition) is 2. The highest BCUT2D eigenvalue weighted by Gasteiger charge is 2.23. The van der Waals surface area contributed by atoms with Crippen LogP contribution in [0.5, 0.6) is 0 Å². The van der Waals surface area contributed by atoms with E-state index in [2.05, 4.69) is 51.7 Å². The molecule has 5 rings (SSSR count). The van der Waals surface area contributed by atoms with Gasteiger partial charge < -0.3 is 14.8 Å². The zero-order chi connectivity index (χ0) is 19.8. The molecule has 1 aromatic carbocycles. The van der Waals surface area contributed by atoms with Crippen molar-refractivity contribution in [2.24, 2.45) is 0 Å². The number of benzene rings is 1. The van der Waals surface area contributed by atoms with E-state index in [0.717, 1.165) is 64.4 Å². The van der Waals surface area contributed by atoms with Crippen molar-refractivity contribution < 1.29 is 5.11 Å². The lowest BCUT2D eigenvalue weighted by Crippen LogP contribution is -2.36. The van der Waals surface area contributed by atoms with E-state index in [4.69, 9.17) is 4.98 Å². The molecule has 2 N–H and O–H groups in total. The average Bonchev–Trinajstić information content (AvgIpc) is 3.32. The summed E-state index contributed by atoms with van der Waals surface area (Å²) in [5.41, 5.74) is 5.40. The molecule has 1 aliphatic rings. The molecule has 0 radical (unpaired) electrons. The smallest absolute Gasteiger partial charge is 0.184 e. The predicted molar refractivity (Wildman–Crippen MR) is 120 cm³/mol. The molecule has 6 heteroatoms. The van der Waals surface area contributed by atoms with Crippen molar-refractivity contribution in [2.45, 2.75) is 44.2 Å². The molecular formula is C23H24N4OS. The summed E-state index contributed by atoms with van der Waals surface area (Å²) in [5, 5.41) is 14.6. The van der Waals surface area contributed by atoms with Crippen LogP contribution in [0.3, 0.4) is 0 Å². The fraction of sp³-hybridized carbons (Fsp3) is 0.304. The van der Waals surface area contributed by atoms with Gasteiger partial charge in [0, 0.05) is 24.5 Å². The summed E-state index contributed by atoms with van der Waals surface area (Å²) in [4.78, 5) is 9.25. The summed E-state index contributed by atoms with van der Waals surface area (Å²) < 4.78 is 3.29. The minimum Gasteiger partial charge on any atom is -0.391 e. The number of nitrogens with one attached hydrogen (secondary N) is 1. The topological polar surface area (TPSA) is 62.5 Å². The first-order chi connectivity index (χ1) is 14.2. The molecule has 3 heterocycles. The quantitative estimate of drug-likeness (QED) is 0.497. The summed E-state index contributed by atoms with van der Waals surface area (Å²) in [7, 11) is 0. The minimum absolute atomic E-state index is 0.113. The molecule has 0 aliphatic heterocycles. The van der Waals surface area contributed by atoms with Gasteiger partial charge in [-0.3, -0.25) is 0 Å². The molecule has 0 bridgehead atoms. The second kappa shape index (κ2) is 7.61. The Morgan fingerprint density at radius 1 is 1.24 bits per heavy atom. The molecule has 2 atom stereocenters. The fourth-order valence-corrected chi connectivity index (χ4v) is 5.09. The van der Waals surface area contributed by atoms with Gasteiger partial charge in [0.2, 0.25) is 0 Å². The first kappa shape index (κ1) is 18.3. The minimum atomic E-state index is -0.275. The van der Waals surface area contributed by atoms with Gasteiger partial charge in [-0.15, -0.1) is 0 Å². The molecule has 5 nitrogen and oxygen atoms in total. The van der Waals surface area contributed by atoms with Crippen LogP contribution in [0.1, 0.15) is 42.5 Å². The third kappa shape index (κ3) is 3.66. The van der Waals surface area contributed by atoms with E-state index in [0.29, 0.717) is 0 Å². The SMILES string of the molecule is C=Cc1ccn2c(Cc3ccc4nc(NC5CCCC[C@H]5O)sc4c3)cnc2c1. The van der Waals surface area contributed by atoms with E-state index in [1.54, 1.807) is 11.3 Å². The summed E-state index contributed by atoms with van der Waals surface area (Å²) in [6.07, 6.45) is 10.5. The number of pyridine rings is 1. The van der Waals surface area contributed by atoms with Crippen molar-refractivity contribution in [3.8, 4) is 0 Å². The van der Waals surface area contributed by atoms with Gasteiger partial charge in [0.25, 0.3) is 0 Å². The number of nitrogens with zero attached hydrogens (tertiary/aromatic N) is 3. The fourth-order valence-electron chi connectivity index (χ4n) is 4.09. The van der Waals surface area contributed by atoms with Crippen LogP contribution < -0.4 is 5.32 Å². The van der Waals surface area contributed by atoms with Crippen molar-refractivity contribution >= 4 is 38.4 Å². The van der Waals surface area contributed by atoms with Crippen molar-refractivity contribution in [3.05, 3.63) is 66.1 Å². The molecule has 1 unspecified atom stereocenters. The molecule has 0 saturated heterocycles. The van der Waals surface area contributed by atoms with Crippen molar-refractivity contribution in [1.29, 1.82) is 0 Å². The highest BCUT2D eigenvalue weighted by atomic mass is 32.1. The largest absolute Gasteiger partial charge is 0.391 e. The number of fused-ring (bicyclic) bond motifs is 2. The lowest BCUT2D eigenvalue weighted by Gasteiger charge is -2.27. The monoisotopic (exact) mass is 404 g/mol. The van der Waals surface area contributed by atoms with Gasteiger partial charge in [-0.2, -0.15) is 0 Å². The lowest BCUT2D eigenvalue weighted by atomic mass is 9.93. The van der Waals surface area contributed by atoms with Gasteiger partial charge in [-0.1, -0.05) is 42.9 Å². The number of imidazole rings is 1. The Bertz CT molecular complexity index is 1180. The molecule has 1 fully saturated rings. The van der Waals surface area contributed by atoms with Gasteiger partial charge in [0.1, 0.15) is 5.65 Å². The number of anilines is 1. The summed E-state index contributed by atoms with van der Waals surface area (Å²) in [6, 6.07) is 10.6. The Labute approximate surface area is 173 Å². The Balaban J connectivity index is 1.38. The van der Waals surface area contributed by atoms with E-state index < -0.39 is 0 Å². The highest BCUT2D eigenvalue weighted by molar-refractivity contribution is 7.22. The normalized spacial score (nSPS) is 19.6. The van der Waals surface area contributed by atoms with E-state index in [1.807, 2.05) is 18.3 Å². The maximum absolute atomic E-state index is 10.2. The van der Waals surface area contributed by atoms with Crippen LogP contribution in [-0.2, 0) is 6.42 Å². The molecule has 1 saturated carbocycles. The molecule has 148 valence electrons. The zero-order valence-electron chi connectivity index (χ0n) is 16.2.